The number of para-hydroxylation sites is 2. The first-order valence-corrected chi connectivity index (χ1v) is 9.16. The van der Waals surface area contributed by atoms with Gasteiger partial charge in [-0.05, 0) is 36.1 Å². The van der Waals surface area contributed by atoms with Crippen LogP contribution in [0.25, 0.3) is 10.9 Å². The van der Waals surface area contributed by atoms with Crippen LogP contribution in [-0.2, 0) is 22.4 Å². The van der Waals surface area contributed by atoms with E-state index in [-0.39, 0.29) is 25.3 Å². The van der Waals surface area contributed by atoms with Gasteiger partial charge >= 0.3 is 5.97 Å². The Morgan fingerprint density at radius 1 is 1.14 bits per heavy atom. The summed E-state index contributed by atoms with van der Waals surface area (Å²) in [7, 11) is 1.55. The van der Waals surface area contributed by atoms with Crippen LogP contribution < -0.4 is 10.1 Å². The summed E-state index contributed by atoms with van der Waals surface area (Å²) in [4.78, 5) is 27.2. The minimum Gasteiger partial charge on any atom is -0.496 e. The van der Waals surface area contributed by atoms with Crippen LogP contribution in [-0.4, -0.2) is 35.6 Å². The Bertz CT molecular complexity index is 993. The van der Waals surface area contributed by atoms with E-state index in [1.54, 1.807) is 13.2 Å². The van der Waals surface area contributed by atoms with Gasteiger partial charge in [-0.3, -0.25) is 9.59 Å². The van der Waals surface area contributed by atoms with Crippen LogP contribution in [0.4, 0.5) is 0 Å². The van der Waals surface area contributed by atoms with Crippen LogP contribution in [0, 0.1) is 12.8 Å². The van der Waals surface area contributed by atoms with Crippen LogP contribution in [0.3, 0.4) is 0 Å². The molecule has 3 N–H and O–H groups in total. The molecule has 3 rings (SSSR count). The number of amides is 1. The summed E-state index contributed by atoms with van der Waals surface area (Å²) in [5.74, 6) is -1.23. The molecular formula is C22H24N2O4. The molecule has 2 aromatic carbocycles. The van der Waals surface area contributed by atoms with Crippen molar-refractivity contribution in [1.82, 2.24) is 10.3 Å². The number of benzene rings is 2. The van der Waals surface area contributed by atoms with E-state index < -0.39 is 11.9 Å². The zero-order valence-corrected chi connectivity index (χ0v) is 16.0. The Balaban J connectivity index is 1.64. The van der Waals surface area contributed by atoms with Crippen molar-refractivity contribution < 1.29 is 19.4 Å². The van der Waals surface area contributed by atoms with Gasteiger partial charge in [0.15, 0.2) is 0 Å². The van der Waals surface area contributed by atoms with Crippen LogP contribution in [0.15, 0.2) is 48.7 Å². The maximum atomic E-state index is 12.4. The number of fused-ring (bicyclic) bond motifs is 1. The number of ether oxygens (including phenoxy) is 1. The Kier molecular flexibility index (Phi) is 5.99. The third-order valence-corrected chi connectivity index (χ3v) is 4.91. The third kappa shape index (κ3) is 4.34. The third-order valence-electron chi connectivity index (χ3n) is 4.91. The number of nitrogens with one attached hydrogen (secondary N) is 2. The van der Waals surface area contributed by atoms with Gasteiger partial charge in [0.2, 0.25) is 5.91 Å². The standard InChI is InChI=1S/C22H24N2O4/c1-14-6-5-8-18-16(12-24-21(14)18)11-20(25)23-13-17(22(26)27)10-15-7-3-4-9-19(15)28-2/h3-9,12,17,24H,10-11,13H2,1-2H3,(H,23,25)(H,26,27). The molecule has 1 aromatic heterocycles. The second-order valence-corrected chi connectivity index (χ2v) is 6.84. The van der Waals surface area contributed by atoms with E-state index in [9.17, 15) is 14.7 Å². The molecule has 0 saturated heterocycles. The fourth-order valence-corrected chi connectivity index (χ4v) is 3.37. The van der Waals surface area contributed by atoms with E-state index in [1.807, 2.05) is 49.5 Å². The lowest BCUT2D eigenvalue weighted by Gasteiger charge is -2.15. The maximum Gasteiger partial charge on any atom is 0.308 e. The molecule has 1 amide bonds. The van der Waals surface area contributed by atoms with E-state index in [0.29, 0.717) is 5.75 Å². The average molecular weight is 380 g/mol. The lowest BCUT2D eigenvalue weighted by molar-refractivity contribution is -0.141. The second kappa shape index (κ2) is 8.61. The number of hydrogen-bond acceptors (Lipinski definition) is 3. The van der Waals surface area contributed by atoms with Gasteiger partial charge in [-0.1, -0.05) is 36.4 Å². The van der Waals surface area contributed by atoms with Gasteiger partial charge in [0, 0.05) is 23.6 Å². The van der Waals surface area contributed by atoms with E-state index in [2.05, 4.69) is 10.3 Å². The van der Waals surface area contributed by atoms with Crippen molar-refractivity contribution in [1.29, 1.82) is 0 Å². The van der Waals surface area contributed by atoms with Crippen LogP contribution in [0.5, 0.6) is 5.75 Å². The summed E-state index contributed by atoms with van der Waals surface area (Å²) in [5, 5.41) is 13.3. The topological polar surface area (TPSA) is 91.4 Å². The molecule has 0 aliphatic rings. The number of aromatic amines is 1. The van der Waals surface area contributed by atoms with Gasteiger partial charge < -0.3 is 20.1 Å². The van der Waals surface area contributed by atoms with Gasteiger partial charge in [0.25, 0.3) is 0 Å². The van der Waals surface area contributed by atoms with Gasteiger partial charge in [-0.2, -0.15) is 0 Å². The number of methoxy groups -OCH3 is 1. The highest BCUT2D eigenvalue weighted by Crippen LogP contribution is 2.22. The van der Waals surface area contributed by atoms with Gasteiger partial charge in [-0.15, -0.1) is 0 Å². The van der Waals surface area contributed by atoms with Crippen molar-refractivity contribution in [3.63, 3.8) is 0 Å². The molecular weight excluding hydrogens is 356 g/mol. The monoisotopic (exact) mass is 380 g/mol. The highest BCUT2D eigenvalue weighted by Gasteiger charge is 2.21. The zero-order valence-electron chi connectivity index (χ0n) is 16.0. The predicted molar refractivity (Wildman–Crippen MR) is 108 cm³/mol. The van der Waals surface area contributed by atoms with Gasteiger partial charge in [0.05, 0.1) is 19.4 Å². The van der Waals surface area contributed by atoms with Crippen molar-refractivity contribution in [2.75, 3.05) is 13.7 Å². The normalized spacial score (nSPS) is 11.9. The number of aromatic nitrogens is 1. The summed E-state index contributed by atoms with van der Waals surface area (Å²) in [6, 6.07) is 13.3. The molecule has 0 bridgehead atoms. The lowest BCUT2D eigenvalue weighted by Crippen LogP contribution is -2.35. The SMILES string of the molecule is COc1ccccc1CC(CNC(=O)Cc1c[nH]c2c(C)cccc12)C(=O)O. The molecule has 6 nitrogen and oxygen atoms in total. The van der Waals surface area contributed by atoms with Crippen molar-refractivity contribution in [3.8, 4) is 5.75 Å². The first kappa shape index (κ1) is 19.5. The van der Waals surface area contributed by atoms with Gasteiger partial charge in [0.1, 0.15) is 5.75 Å². The summed E-state index contributed by atoms with van der Waals surface area (Å²) in [5.41, 5.74) is 3.84. The largest absolute Gasteiger partial charge is 0.496 e. The summed E-state index contributed by atoms with van der Waals surface area (Å²) in [6.45, 7) is 2.07. The van der Waals surface area contributed by atoms with Crippen LogP contribution in [0.2, 0.25) is 0 Å². The predicted octanol–water partition coefficient (Wildman–Crippen LogP) is 3.09. The van der Waals surface area contributed by atoms with E-state index in [4.69, 9.17) is 4.74 Å². The van der Waals surface area contributed by atoms with Crippen molar-refractivity contribution >= 4 is 22.8 Å². The number of hydrogen-bond donors (Lipinski definition) is 3. The lowest BCUT2D eigenvalue weighted by atomic mass is 9.98. The van der Waals surface area contributed by atoms with Crippen LogP contribution >= 0.6 is 0 Å². The highest BCUT2D eigenvalue weighted by molar-refractivity contribution is 5.90. The zero-order chi connectivity index (χ0) is 20.1. The van der Waals surface area contributed by atoms with E-state index >= 15 is 0 Å². The Morgan fingerprint density at radius 2 is 1.93 bits per heavy atom. The Hall–Kier alpha value is -3.28. The highest BCUT2D eigenvalue weighted by atomic mass is 16.5. The molecule has 0 fully saturated rings. The van der Waals surface area contributed by atoms with E-state index in [1.165, 1.54) is 0 Å². The number of carboxylic acid groups (broad SMARTS) is 1. The first-order valence-electron chi connectivity index (χ1n) is 9.16. The second-order valence-electron chi connectivity index (χ2n) is 6.84. The van der Waals surface area contributed by atoms with Crippen molar-refractivity contribution in [3.05, 3.63) is 65.4 Å². The molecule has 1 atom stereocenters. The number of carbonyl (C=O) groups excluding carboxylic acids is 1. The smallest absolute Gasteiger partial charge is 0.308 e. The first-order chi connectivity index (χ1) is 13.5. The molecule has 0 aliphatic heterocycles. The molecule has 0 saturated carbocycles. The molecule has 0 radical (unpaired) electrons. The molecule has 146 valence electrons. The summed E-state index contributed by atoms with van der Waals surface area (Å²) < 4.78 is 5.29. The summed E-state index contributed by atoms with van der Waals surface area (Å²) >= 11 is 0. The molecule has 0 aliphatic carbocycles. The van der Waals surface area contributed by atoms with Gasteiger partial charge in [-0.25, -0.2) is 0 Å². The summed E-state index contributed by atoms with van der Waals surface area (Å²) in [6.07, 6.45) is 2.32. The number of aliphatic carboxylic acids is 1. The Labute approximate surface area is 163 Å². The van der Waals surface area contributed by atoms with Crippen molar-refractivity contribution in [2.45, 2.75) is 19.8 Å². The molecule has 6 heteroatoms. The number of carboxylic acids is 1. The Morgan fingerprint density at radius 3 is 2.68 bits per heavy atom. The quantitative estimate of drug-likeness (QED) is 0.560. The minimum absolute atomic E-state index is 0.0631. The fraction of sp³-hybridized carbons (Fsp3) is 0.273. The molecule has 0 spiro atoms. The number of aryl methyl sites for hydroxylation is 1. The molecule has 1 unspecified atom stereocenters. The maximum absolute atomic E-state index is 12.4. The van der Waals surface area contributed by atoms with Crippen molar-refractivity contribution in [2.24, 2.45) is 5.92 Å². The molecule has 1 heterocycles. The number of rotatable bonds is 8. The number of H-pyrrole nitrogens is 1. The minimum atomic E-state index is -0.950. The molecule has 3 aromatic rings. The average Bonchev–Trinajstić information content (AvgIpc) is 3.09. The molecule has 28 heavy (non-hydrogen) atoms. The number of carbonyl (C=O) groups is 2. The fourth-order valence-electron chi connectivity index (χ4n) is 3.37. The van der Waals surface area contributed by atoms with Crippen LogP contribution in [0.1, 0.15) is 16.7 Å². The van der Waals surface area contributed by atoms with E-state index in [0.717, 1.165) is 27.6 Å².